The Labute approximate surface area is 186 Å². The summed E-state index contributed by atoms with van der Waals surface area (Å²) < 4.78 is 15.1. The van der Waals surface area contributed by atoms with Crippen LogP contribution in [0.25, 0.3) is 0 Å². The molecule has 0 bridgehead atoms. The molecule has 1 fully saturated rings. The summed E-state index contributed by atoms with van der Waals surface area (Å²) in [5.41, 5.74) is -0.761. The van der Waals surface area contributed by atoms with E-state index in [0.717, 1.165) is 0 Å². The summed E-state index contributed by atoms with van der Waals surface area (Å²) in [6.45, 7) is 6.91. The third-order valence-corrected chi connectivity index (χ3v) is 4.39. The van der Waals surface area contributed by atoms with Gasteiger partial charge in [0.1, 0.15) is 30.3 Å². The summed E-state index contributed by atoms with van der Waals surface area (Å²) in [6, 6.07) is -1.07. The van der Waals surface area contributed by atoms with E-state index < -0.39 is 40.9 Å². The molecule has 1 aliphatic rings. The van der Waals surface area contributed by atoms with Crippen LogP contribution >= 0.6 is 12.6 Å². The molecule has 0 spiro atoms. The minimum atomic E-state index is -1.07. The standard InChI is InChI=1S/C18H31N3O9S/c1-18(2,3)29-16(23)14(19-17(24)28-12-31)4-5-15(22)27-11-10-20-8-6-13(7-9-20)30-21(25)26/h13-14,31H,4-12H2,1-3H3,(H,19,24). The smallest absolute Gasteiger partial charge is 0.408 e. The van der Waals surface area contributed by atoms with Crippen LogP contribution in [0.2, 0.25) is 0 Å². The fourth-order valence-corrected chi connectivity index (χ4v) is 2.96. The number of esters is 2. The van der Waals surface area contributed by atoms with Crippen molar-refractivity contribution >= 4 is 30.7 Å². The fourth-order valence-electron chi connectivity index (χ4n) is 2.85. The molecule has 0 aromatic heterocycles. The van der Waals surface area contributed by atoms with E-state index in [1.54, 1.807) is 20.8 Å². The van der Waals surface area contributed by atoms with Crippen molar-refractivity contribution in [2.75, 3.05) is 32.2 Å². The Balaban J connectivity index is 2.38. The quantitative estimate of drug-likeness (QED) is 0.114. The Bertz CT molecular complexity index is 619. The molecule has 13 heteroatoms. The molecular weight excluding hydrogens is 434 g/mol. The highest BCUT2D eigenvalue weighted by atomic mass is 32.1. The molecule has 1 amide bonds. The molecule has 0 aromatic carbocycles. The predicted molar refractivity (Wildman–Crippen MR) is 111 cm³/mol. The Morgan fingerprint density at radius 3 is 2.42 bits per heavy atom. The Morgan fingerprint density at radius 2 is 1.87 bits per heavy atom. The number of hydrogen-bond donors (Lipinski definition) is 2. The number of amides is 1. The second kappa shape index (κ2) is 13.2. The van der Waals surface area contributed by atoms with Crippen molar-refractivity contribution in [3.8, 4) is 0 Å². The fraction of sp³-hybridized carbons (Fsp3) is 0.833. The zero-order valence-electron chi connectivity index (χ0n) is 18.0. The number of rotatable bonds is 11. The molecule has 1 saturated heterocycles. The van der Waals surface area contributed by atoms with Crippen molar-refractivity contribution in [1.82, 2.24) is 10.2 Å². The predicted octanol–water partition coefficient (Wildman–Crippen LogP) is 1.31. The third-order valence-electron chi connectivity index (χ3n) is 4.26. The number of hydrogen-bond acceptors (Lipinski definition) is 11. The number of piperidine rings is 1. The zero-order chi connectivity index (χ0) is 23.4. The van der Waals surface area contributed by atoms with Gasteiger partial charge in [-0.2, -0.15) is 0 Å². The molecule has 1 heterocycles. The molecule has 31 heavy (non-hydrogen) atoms. The highest BCUT2D eigenvalue weighted by Gasteiger charge is 2.28. The van der Waals surface area contributed by atoms with E-state index in [2.05, 4.69) is 27.5 Å². The Kier molecular flexibility index (Phi) is 11.4. The van der Waals surface area contributed by atoms with E-state index in [1.807, 2.05) is 4.90 Å². The second-order valence-corrected chi connectivity index (χ2v) is 8.18. The minimum absolute atomic E-state index is 0.0148. The van der Waals surface area contributed by atoms with Gasteiger partial charge in [0.05, 0.1) is 0 Å². The van der Waals surface area contributed by atoms with Crippen molar-refractivity contribution in [3.63, 3.8) is 0 Å². The van der Waals surface area contributed by atoms with Crippen LogP contribution in [-0.2, 0) is 28.6 Å². The molecule has 0 aliphatic carbocycles. The van der Waals surface area contributed by atoms with E-state index in [0.29, 0.717) is 32.5 Å². The minimum Gasteiger partial charge on any atom is -0.464 e. The SMILES string of the molecule is CC(C)(C)OC(=O)C(CCC(=O)OCCN1CCC(O[N+](=O)[O-])CC1)NC(=O)OCS. The molecule has 0 aromatic rings. The lowest BCUT2D eigenvalue weighted by Gasteiger charge is -2.30. The Morgan fingerprint density at radius 1 is 1.23 bits per heavy atom. The van der Waals surface area contributed by atoms with Gasteiger partial charge in [0, 0.05) is 26.1 Å². The number of likely N-dealkylation sites (tertiary alicyclic amines) is 1. The van der Waals surface area contributed by atoms with Crippen molar-refractivity contribution in [1.29, 1.82) is 0 Å². The molecule has 0 radical (unpaired) electrons. The molecule has 178 valence electrons. The Hall–Kier alpha value is -2.28. The molecule has 12 nitrogen and oxygen atoms in total. The third kappa shape index (κ3) is 12.2. The van der Waals surface area contributed by atoms with Crippen LogP contribution in [0.5, 0.6) is 0 Å². The number of thiol groups is 1. The average molecular weight is 466 g/mol. The lowest BCUT2D eigenvalue weighted by atomic mass is 10.1. The van der Waals surface area contributed by atoms with Gasteiger partial charge in [-0.15, -0.1) is 22.7 Å². The number of carbonyl (C=O) groups excluding carboxylic acids is 3. The van der Waals surface area contributed by atoms with Gasteiger partial charge in [0.25, 0.3) is 5.09 Å². The molecule has 1 rings (SSSR count). The van der Waals surface area contributed by atoms with Crippen molar-refractivity contribution in [2.24, 2.45) is 0 Å². The molecule has 1 aliphatic heterocycles. The van der Waals surface area contributed by atoms with Crippen LogP contribution in [0.15, 0.2) is 0 Å². The number of ether oxygens (including phenoxy) is 3. The summed E-state index contributed by atoms with van der Waals surface area (Å²) in [6.07, 6.45) is -0.312. The highest BCUT2D eigenvalue weighted by molar-refractivity contribution is 7.80. The first-order valence-electron chi connectivity index (χ1n) is 9.96. The summed E-state index contributed by atoms with van der Waals surface area (Å²) in [7, 11) is 0. The lowest BCUT2D eigenvalue weighted by Crippen LogP contribution is -2.44. The van der Waals surface area contributed by atoms with E-state index in [9.17, 15) is 24.5 Å². The first kappa shape index (κ1) is 26.8. The maximum Gasteiger partial charge on any atom is 0.408 e. The number of carbonyl (C=O) groups is 3. The number of nitrogens with zero attached hydrogens (tertiary/aromatic N) is 2. The molecular formula is C18H31N3O9S. The van der Waals surface area contributed by atoms with Crippen LogP contribution < -0.4 is 5.32 Å². The summed E-state index contributed by atoms with van der Waals surface area (Å²) in [5, 5.41) is 11.9. The van der Waals surface area contributed by atoms with Crippen LogP contribution in [0.4, 0.5) is 4.79 Å². The van der Waals surface area contributed by atoms with E-state index >= 15 is 0 Å². The van der Waals surface area contributed by atoms with Gasteiger partial charge in [-0.25, -0.2) is 9.59 Å². The van der Waals surface area contributed by atoms with Gasteiger partial charge in [-0.05, 0) is 40.0 Å². The molecule has 1 unspecified atom stereocenters. The van der Waals surface area contributed by atoms with Crippen LogP contribution in [-0.4, -0.2) is 77.9 Å². The largest absolute Gasteiger partial charge is 0.464 e. The highest BCUT2D eigenvalue weighted by Crippen LogP contribution is 2.14. The molecule has 1 atom stereocenters. The lowest BCUT2D eigenvalue weighted by molar-refractivity contribution is -0.769. The topological polar surface area (TPSA) is 147 Å². The second-order valence-electron chi connectivity index (χ2n) is 7.92. The maximum absolute atomic E-state index is 12.3. The van der Waals surface area contributed by atoms with Crippen molar-refractivity contribution in [3.05, 3.63) is 10.1 Å². The van der Waals surface area contributed by atoms with Gasteiger partial charge >= 0.3 is 18.0 Å². The van der Waals surface area contributed by atoms with Crippen molar-refractivity contribution in [2.45, 2.75) is 64.2 Å². The summed E-state index contributed by atoms with van der Waals surface area (Å²) in [4.78, 5) is 52.9. The van der Waals surface area contributed by atoms with Gasteiger partial charge in [-0.3, -0.25) is 9.69 Å². The number of alkyl carbamates (subject to hydrolysis) is 1. The van der Waals surface area contributed by atoms with E-state index in [1.165, 1.54) is 0 Å². The van der Waals surface area contributed by atoms with Gasteiger partial charge < -0.3 is 24.4 Å². The van der Waals surface area contributed by atoms with Crippen molar-refractivity contribution < 1.29 is 38.5 Å². The molecule has 1 N–H and O–H groups in total. The molecule has 0 saturated carbocycles. The van der Waals surface area contributed by atoms with E-state index in [4.69, 9.17) is 9.47 Å². The number of nitrogens with one attached hydrogen (secondary N) is 1. The zero-order valence-corrected chi connectivity index (χ0v) is 18.9. The van der Waals surface area contributed by atoms with Crippen LogP contribution in [0.3, 0.4) is 0 Å². The maximum atomic E-state index is 12.3. The van der Waals surface area contributed by atoms with Crippen LogP contribution in [0, 0.1) is 10.1 Å². The summed E-state index contributed by atoms with van der Waals surface area (Å²) in [5.74, 6) is -1.37. The van der Waals surface area contributed by atoms with Gasteiger partial charge in [0.15, 0.2) is 0 Å². The van der Waals surface area contributed by atoms with Gasteiger partial charge in [-0.1, -0.05) is 0 Å². The van der Waals surface area contributed by atoms with Gasteiger partial charge in [0.2, 0.25) is 0 Å². The first-order valence-corrected chi connectivity index (χ1v) is 10.6. The first-order chi connectivity index (χ1) is 14.5. The monoisotopic (exact) mass is 465 g/mol. The average Bonchev–Trinajstić information content (AvgIpc) is 2.65. The summed E-state index contributed by atoms with van der Waals surface area (Å²) >= 11 is 3.78. The van der Waals surface area contributed by atoms with Crippen LogP contribution in [0.1, 0.15) is 46.5 Å². The normalized spacial score (nSPS) is 16.1. The van der Waals surface area contributed by atoms with E-state index in [-0.39, 0.29) is 25.4 Å².